The topological polar surface area (TPSA) is 16.1 Å². The summed E-state index contributed by atoms with van der Waals surface area (Å²) in [7, 11) is 2.19. The number of thiazole rings is 1. The third-order valence-electron chi connectivity index (χ3n) is 2.60. The van der Waals surface area contributed by atoms with Crippen LogP contribution in [0.4, 0.5) is 0 Å². The molecule has 0 bridgehead atoms. The van der Waals surface area contributed by atoms with Crippen LogP contribution in [0.15, 0.2) is 0 Å². The van der Waals surface area contributed by atoms with Gasteiger partial charge in [0.15, 0.2) is 0 Å². The molecule has 0 saturated carbocycles. The van der Waals surface area contributed by atoms with Crippen molar-refractivity contribution in [3.8, 4) is 0 Å². The Bertz CT molecular complexity index is 306. The summed E-state index contributed by atoms with van der Waals surface area (Å²) in [4.78, 5) is 8.50. The van der Waals surface area contributed by atoms with Gasteiger partial charge in [0.1, 0.15) is 0 Å². The first kappa shape index (κ1) is 9.16. The highest BCUT2D eigenvalue weighted by atomic mass is 32.1. The molecule has 13 heavy (non-hydrogen) atoms. The third-order valence-corrected chi connectivity index (χ3v) is 3.84. The first-order chi connectivity index (χ1) is 6.16. The van der Waals surface area contributed by atoms with Gasteiger partial charge in [-0.05, 0) is 14.0 Å². The summed E-state index contributed by atoms with van der Waals surface area (Å²) in [6.45, 7) is 6.74. The second-order valence-corrected chi connectivity index (χ2v) is 5.19. The fourth-order valence-electron chi connectivity index (χ4n) is 1.99. The van der Waals surface area contributed by atoms with Gasteiger partial charge in [0, 0.05) is 30.3 Å². The first-order valence-electron chi connectivity index (χ1n) is 4.81. The van der Waals surface area contributed by atoms with Crippen molar-refractivity contribution >= 4 is 11.3 Å². The van der Waals surface area contributed by atoms with Crippen molar-refractivity contribution < 1.29 is 0 Å². The van der Waals surface area contributed by atoms with E-state index in [0.29, 0.717) is 5.92 Å². The zero-order chi connectivity index (χ0) is 9.42. The van der Waals surface area contributed by atoms with Gasteiger partial charge in [0.05, 0.1) is 10.7 Å². The van der Waals surface area contributed by atoms with Crippen LogP contribution in [0.3, 0.4) is 0 Å². The van der Waals surface area contributed by atoms with Gasteiger partial charge in [-0.25, -0.2) is 4.98 Å². The molecule has 0 amide bonds. The molecule has 1 aliphatic heterocycles. The molecular formula is C10H16N2S. The molecule has 0 saturated heterocycles. The SMILES string of the molecule is Cc1nc2c(s1)C(C)CN(C)CC2. The highest BCUT2D eigenvalue weighted by molar-refractivity contribution is 7.11. The van der Waals surface area contributed by atoms with Crippen LogP contribution >= 0.6 is 11.3 Å². The number of nitrogens with zero attached hydrogens (tertiary/aromatic N) is 2. The van der Waals surface area contributed by atoms with Crippen molar-refractivity contribution in [2.75, 3.05) is 20.1 Å². The lowest BCUT2D eigenvalue weighted by Crippen LogP contribution is -2.22. The first-order valence-corrected chi connectivity index (χ1v) is 5.63. The second kappa shape index (κ2) is 3.39. The molecule has 2 nitrogen and oxygen atoms in total. The van der Waals surface area contributed by atoms with E-state index in [1.165, 1.54) is 22.1 Å². The molecule has 2 heterocycles. The Labute approximate surface area is 83.6 Å². The summed E-state index contributed by atoms with van der Waals surface area (Å²) in [5.74, 6) is 0.661. The number of likely N-dealkylation sites (N-methyl/N-ethyl adjacent to an activating group) is 1. The van der Waals surface area contributed by atoms with Crippen LogP contribution in [0.25, 0.3) is 0 Å². The molecule has 0 radical (unpaired) electrons. The molecule has 1 aliphatic rings. The molecule has 0 fully saturated rings. The summed E-state index contributed by atoms with van der Waals surface area (Å²) in [5.41, 5.74) is 1.35. The zero-order valence-corrected chi connectivity index (χ0v) is 9.32. The molecular weight excluding hydrogens is 180 g/mol. The van der Waals surface area contributed by atoms with E-state index in [4.69, 9.17) is 0 Å². The minimum absolute atomic E-state index is 0.661. The lowest BCUT2D eigenvalue weighted by molar-refractivity contribution is 0.332. The number of aromatic nitrogens is 1. The number of fused-ring (bicyclic) bond motifs is 1. The van der Waals surface area contributed by atoms with Gasteiger partial charge in [-0.2, -0.15) is 0 Å². The van der Waals surface area contributed by atoms with Crippen LogP contribution in [-0.4, -0.2) is 30.0 Å². The summed E-state index contributed by atoms with van der Waals surface area (Å²) in [5, 5.41) is 1.22. The number of hydrogen-bond acceptors (Lipinski definition) is 3. The van der Waals surface area contributed by atoms with Crippen LogP contribution in [0.5, 0.6) is 0 Å². The van der Waals surface area contributed by atoms with E-state index in [1.807, 2.05) is 11.3 Å². The molecule has 0 spiro atoms. The maximum Gasteiger partial charge on any atom is 0.0900 e. The van der Waals surface area contributed by atoms with Gasteiger partial charge < -0.3 is 4.90 Å². The predicted molar refractivity (Wildman–Crippen MR) is 56.5 cm³/mol. The van der Waals surface area contributed by atoms with Gasteiger partial charge in [0.2, 0.25) is 0 Å². The molecule has 0 aromatic carbocycles. The van der Waals surface area contributed by atoms with E-state index >= 15 is 0 Å². The van der Waals surface area contributed by atoms with E-state index in [9.17, 15) is 0 Å². The van der Waals surface area contributed by atoms with Gasteiger partial charge in [-0.15, -0.1) is 11.3 Å². The Morgan fingerprint density at radius 3 is 3.08 bits per heavy atom. The number of rotatable bonds is 0. The van der Waals surface area contributed by atoms with Crippen LogP contribution in [-0.2, 0) is 6.42 Å². The molecule has 72 valence electrons. The lowest BCUT2D eigenvalue weighted by Gasteiger charge is -2.15. The normalized spacial score (nSPS) is 24.1. The fraction of sp³-hybridized carbons (Fsp3) is 0.700. The highest BCUT2D eigenvalue weighted by Gasteiger charge is 2.20. The Morgan fingerprint density at radius 1 is 1.54 bits per heavy atom. The molecule has 3 heteroatoms. The van der Waals surface area contributed by atoms with Crippen LogP contribution in [0.2, 0.25) is 0 Å². The summed E-state index contributed by atoms with van der Waals surface area (Å²) in [6, 6.07) is 0. The van der Waals surface area contributed by atoms with E-state index < -0.39 is 0 Å². The predicted octanol–water partition coefficient (Wildman–Crippen LogP) is 2.04. The maximum atomic E-state index is 4.59. The average Bonchev–Trinajstić information content (AvgIpc) is 2.38. The van der Waals surface area contributed by atoms with E-state index in [0.717, 1.165) is 13.0 Å². The monoisotopic (exact) mass is 196 g/mol. The van der Waals surface area contributed by atoms with Crippen molar-refractivity contribution in [2.45, 2.75) is 26.2 Å². The van der Waals surface area contributed by atoms with Gasteiger partial charge >= 0.3 is 0 Å². The Morgan fingerprint density at radius 2 is 2.31 bits per heavy atom. The Kier molecular flexibility index (Phi) is 2.39. The fourth-order valence-corrected chi connectivity index (χ4v) is 3.00. The van der Waals surface area contributed by atoms with E-state index in [2.05, 4.69) is 30.8 Å². The largest absolute Gasteiger partial charge is 0.305 e. The summed E-state index contributed by atoms with van der Waals surface area (Å²) >= 11 is 1.88. The Hall–Kier alpha value is -0.410. The minimum atomic E-state index is 0.661. The molecule has 1 atom stereocenters. The molecule has 2 rings (SSSR count). The number of hydrogen-bond donors (Lipinski definition) is 0. The van der Waals surface area contributed by atoms with Crippen LogP contribution in [0, 0.1) is 6.92 Å². The smallest absolute Gasteiger partial charge is 0.0900 e. The summed E-state index contributed by atoms with van der Waals surface area (Å²) < 4.78 is 0. The quantitative estimate of drug-likeness (QED) is 0.631. The van der Waals surface area contributed by atoms with Crippen molar-refractivity contribution in [3.63, 3.8) is 0 Å². The Balaban J connectivity index is 2.33. The van der Waals surface area contributed by atoms with E-state index in [1.54, 1.807) is 0 Å². The standard InChI is InChI=1S/C10H16N2S/c1-7-6-12(3)5-4-9-10(7)13-8(2)11-9/h7H,4-6H2,1-3H3. The van der Waals surface area contributed by atoms with Gasteiger partial charge in [-0.1, -0.05) is 6.92 Å². The van der Waals surface area contributed by atoms with Gasteiger partial charge in [-0.3, -0.25) is 0 Å². The number of aryl methyl sites for hydroxylation is 1. The lowest BCUT2D eigenvalue weighted by atomic mass is 10.1. The van der Waals surface area contributed by atoms with Crippen LogP contribution in [0.1, 0.15) is 28.4 Å². The minimum Gasteiger partial charge on any atom is -0.305 e. The van der Waals surface area contributed by atoms with Crippen molar-refractivity contribution in [1.29, 1.82) is 0 Å². The zero-order valence-electron chi connectivity index (χ0n) is 8.50. The van der Waals surface area contributed by atoms with Crippen molar-refractivity contribution in [2.24, 2.45) is 0 Å². The second-order valence-electron chi connectivity index (χ2n) is 3.96. The third kappa shape index (κ3) is 1.76. The maximum absolute atomic E-state index is 4.59. The van der Waals surface area contributed by atoms with Crippen LogP contribution < -0.4 is 0 Å². The van der Waals surface area contributed by atoms with Crippen molar-refractivity contribution in [1.82, 2.24) is 9.88 Å². The molecule has 1 aromatic heterocycles. The highest BCUT2D eigenvalue weighted by Crippen LogP contribution is 2.29. The average molecular weight is 196 g/mol. The van der Waals surface area contributed by atoms with Gasteiger partial charge in [0.25, 0.3) is 0 Å². The summed E-state index contributed by atoms with van der Waals surface area (Å²) in [6.07, 6.45) is 1.13. The molecule has 0 N–H and O–H groups in total. The molecule has 1 aromatic rings. The van der Waals surface area contributed by atoms with Crippen molar-refractivity contribution in [3.05, 3.63) is 15.6 Å². The molecule has 0 aliphatic carbocycles. The van der Waals surface area contributed by atoms with E-state index in [-0.39, 0.29) is 0 Å². The molecule has 1 unspecified atom stereocenters.